The van der Waals surface area contributed by atoms with Gasteiger partial charge in [-0.15, -0.1) is 11.8 Å². The van der Waals surface area contributed by atoms with E-state index in [1.165, 1.54) is 0 Å². The molecule has 0 bridgehead atoms. The molecule has 5 nitrogen and oxygen atoms in total. The molecule has 0 saturated heterocycles. The third-order valence-electron chi connectivity index (χ3n) is 2.48. The van der Waals surface area contributed by atoms with Gasteiger partial charge in [-0.2, -0.15) is 0 Å². The van der Waals surface area contributed by atoms with Gasteiger partial charge < -0.3 is 19.7 Å². The van der Waals surface area contributed by atoms with Crippen molar-refractivity contribution in [1.29, 1.82) is 0 Å². The average Bonchev–Trinajstić information content (AvgIpc) is 2.83. The third-order valence-corrected chi connectivity index (χ3v) is 3.23. The molecule has 1 aromatic heterocycles. The summed E-state index contributed by atoms with van der Waals surface area (Å²) >= 11 is 1.57. The molecule has 0 radical (unpaired) electrons. The van der Waals surface area contributed by atoms with Crippen molar-refractivity contribution in [2.75, 3.05) is 26.2 Å². The molecule has 1 heterocycles. The van der Waals surface area contributed by atoms with E-state index in [2.05, 4.69) is 5.16 Å². The molecule has 0 amide bonds. The van der Waals surface area contributed by atoms with E-state index in [0.717, 1.165) is 22.0 Å². The van der Waals surface area contributed by atoms with Crippen LogP contribution in [-0.2, 0) is 0 Å². The van der Waals surface area contributed by atoms with Crippen LogP contribution < -0.4 is 15.2 Å². The molecule has 0 spiro atoms. The summed E-state index contributed by atoms with van der Waals surface area (Å²) in [5, 5.41) is 3.68. The highest BCUT2D eigenvalue weighted by molar-refractivity contribution is 7.98. The van der Waals surface area contributed by atoms with Crippen LogP contribution in [-0.4, -0.2) is 25.6 Å². The first-order chi connectivity index (χ1) is 8.69. The lowest BCUT2D eigenvalue weighted by molar-refractivity contribution is 0.390. The largest absolute Gasteiger partial charge is 0.497 e. The molecule has 2 N–H and O–H groups in total. The van der Waals surface area contributed by atoms with E-state index >= 15 is 0 Å². The van der Waals surface area contributed by atoms with Crippen molar-refractivity contribution < 1.29 is 14.0 Å². The van der Waals surface area contributed by atoms with Gasteiger partial charge in [-0.25, -0.2) is 0 Å². The maximum Gasteiger partial charge on any atom is 0.172 e. The molecule has 2 rings (SSSR count). The first kappa shape index (κ1) is 12.6. The van der Waals surface area contributed by atoms with Gasteiger partial charge in [0.1, 0.15) is 11.5 Å². The zero-order valence-electron chi connectivity index (χ0n) is 10.4. The van der Waals surface area contributed by atoms with E-state index in [-0.39, 0.29) is 0 Å². The molecular formula is C12H14N2O3S. The summed E-state index contributed by atoms with van der Waals surface area (Å²) < 4.78 is 15.9. The van der Waals surface area contributed by atoms with Gasteiger partial charge in [-0.1, -0.05) is 5.16 Å². The minimum Gasteiger partial charge on any atom is -0.497 e. The molecule has 0 aliphatic heterocycles. The number of nitrogen functional groups attached to an aromatic ring is 1. The van der Waals surface area contributed by atoms with Crippen LogP contribution in [0.15, 0.2) is 27.6 Å². The summed E-state index contributed by atoms with van der Waals surface area (Å²) in [6.07, 6.45) is 1.97. The quantitative estimate of drug-likeness (QED) is 0.858. The fraction of sp³-hybridized carbons (Fsp3) is 0.250. The van der Waals surface area contributed by atoms with Gasteiger partial charge >= 0.3 is 0 Å². The van der Waals surface area contributed by atoms with Gasteiger partial charge in [0.05, 0.1) is 24.7 Å². The minimum absolute atomic E-state index is 0.334. The molecule has 0 atom stereocenters. The number of aromatic nitrogens is 1. The van der Waals surface area contributed by atoms with Crippen molar-refractivity contribution in [3.05, 3.63) is 18.2 Å². The number of thioether (sulfide) groups is 1. The molecule has 2 aromatic rings. The Morgan fingerprint density at radius 3 is 2.50 bits per heavy atom. The number of methoxy groups -OCH3 is 2. The van der Waals surface area contributed by atoms with Crippen LogP contribution in [0.4, 0.5) is 5.82 Å². The van der Waals surface area contributed by atoms with E-state index in [1.807, 2.05) is 18.4 Å². The highest BCUT2D eigenvalue weighted by Crippen LogP contribution is 2.41. The molecular weight excluding hydrogens is 252 g/mol. The first-order valence-electron chi connectivity index (χ1n) is 5.22. The van der Waals surface area contributed by atoms with Crippen LogP contribution in [0.25, 0.3) is 11.3 Å². The summed E-state index contributed by atoms with van der Waals surface area (Å²) in [6, 6.07) is 5.40. The number of hydrogen-bond acceptors (Lipinski definition) is 6. The second-order valence-corrected chi connectivity index (χ2v) is 4.37. The Balaban J connectivity index is 2.63. The Kier molecular flexibility index (Phi) is 3.66. The number of benzene rings is 1. The van der Waals surface area contributed by atoms with Crippen molar-refractivity contribution in [2.24, 2.45) is 0 Å². The summed E-state index contributed by atoms with van der Waals surface area (Å²) in [7, 11) is 3.23. The zero-order chi connectivity index (χ0) is 13.1. The fourth-order valence-corrected chi connectivity index (χ4v) is 2.27. The number of nitrogens with zero attached hydrogens (tertiary/aromatic N) is 1. The van der Waals surface area contributed by atoms with Gasteiger partial charge in [-0.3, -0.25) is 0 Å². The zero-order valence-corrected chi connectivity index (χ0v) is 11.2. The van der Waals surface area contributed by atoms with Crippen molar-refractivity contribution in [3.63, 3.8) is 0 Å². The molecule has 0 unspecified atom stereocenters. The van der Waals surface area contributed by atoms with E-state index in [4.69, 9.17) is 19.7 Å². The van der Waals surface area contributed by atoms with Crippen LogP contribution >= 0.6 is 11.8 Å². The Hall–Kier alpha value is -1.82. The van der Waals surface area contributed by atoms with Crippen LogP contribution in [0.3, 0.4) is 0 Å². The van der Waals surface area contributed by atoms with Crippen LogP contribution in [0.2, 0.25) is 0 Å². The SMILES string of the molecule is COc1cc(SC)c(OC)c(-c2cc(N)no2)c1. The van der Waals surface area contributed by atoms with Crippen molar-refractivity contribution in [2.45, 2.75) is 4.90 Å². The van der Waals surface area contributed by atoms with Crippen LogP contribution in [0, 0.1) is 0 Å². The molecule has 18 heavy (non-hydrogen) atoms. The van der Waals surface area contributed by atoms with Gasteiger partial charge in [-0.05, 0) is 18.4 Å². The van der Waals surface area contributed by atoms with Gasteiger partial charge in [0.15, 0.2) is 11.6 Å². The molecule has 0 aliphatic carbocycles. The molecule has 1 aromatic carbocycles. The Labute approximate surface area is 109 Å². The maximum absolute atomic E-state index is 5.57. The second-order valence-electron chi connectivity index (χ2n) is 3.53. The Morgan fingerprint density at radius 2 is 2.00 bits per heavy atom. The molecule has 0 saturated carbocycles. The molecule has 96 valence electrons. The predicted molar refractivity (Wildman–Crippen MR) is 71.2 cm³/mol. The van der Waals surface area contributed by atoms with Gasteiger partial charge in [0.25, 0.3) is 0 Å². The summed E-state index contributed by atoms with van der Waals surface area (Å²) in [5.41, 5.74) is 6.34. The average molecular weight is 266 g/mol. The molecule has 0 fully saturated rings. The minimum atomic E-state index is 0.334. The third kappa shape index (κ3) is 2.24. The smallest absolute Gasteiger partial charge is 0.172 e. The van der Waals surface area contributed by atoms with E-state index in [1.54, 1.807) is 32.0 Å². The number of nitrogens with two attached hydrogens (primary N) is 1. The highest BCUT2D eigenvalue weighted by atomic mass is 32.2. The normalized spacial score (nSPS) is 10.4. The van der Waals surface area contributed by atoms with E-state index in [0.29, 0.717) is 11.6 Å². The van der Waals surface area contributed by atoms with Crippen molar-refractivity contribution in [1.82, 2.24) is 5.16 Å². The molecule has 0 aliphatic rings. The summed E-state index contributed by atoms with van der Waals surface area (Å²) in [4.78, 5) is 0.960. The maximum atomic E-state index is 5.57. The standard InChI is InChI=1S/C12H14N2O3S/c1-15-7-4-8(9-6-11(13)14-17-9)12(16-2)10(5-7)18-3/h4-6H,1-3H3,(H2,13,14). The monoisotopic (exact) mass is 266 g/mol. The lowest BCUT2D eigenvalue weighted by atomic mass is 10.1. The number of hydrogen-bond donors (Lipinski definition) is 1. The van der Waals surface area contributed by atoms with E-state index in [9.17, 15) is 0 Å². The Bertz CT molecular complexity index is 554. The fourth-order valence-electron chi connectivity index (χ4n) is 1.66. The highest BCUT2D eigenvalue weighted by Gasteiger charge is 2.16. The first-order valence-corrected chi connectivity index (χ1v) is 6.44. The number of anilines is 1. The summed E-state index contributed by atoms with van der Waals surface area (Å²) in [6.45, 7) is 0. The lowest BCUT2D eigenvalue weighted by Crippen LogP contribution is -1.92. The topological polar surface area (TPSA) is 70.5 Å². The summed E-state index contributed by atoms with van der Waals surface area (Å²) in [5.74, 6) is 2.34. The predicted octanol–water partition coefficient (Wildman–Crippen LogP) is 2.66. The second kappa shape index (κ2) is 5.22. The van der Waals surface area contributed by atoms with E-state index < -0.39 is 0 Å². The van der Waals surface area contributed by atoms with Crippen molar-refractivity contribution >= 4 is 17.6 Å². The van der Waals surface area contributed by atoms with Gasteiger partial charge in [0.2, 0.25) is 0 Å². The Morgan fingerprint density at radius 1 is 1.22 bits per heavy atom. The number of rotatable bonds is 4. The van der Waals surface area contributed by atoms with Crippen molar-refractivity contribution in [3.8, 4) is 22.8 Å². The molecule has 6 heteroatoms. The van der Waals surface area contributed by atoms with Crippen LogP contribution in [0.5, 0.6) is 11.5 Å². The van der Waals surface area contributed by atoms with Crippen LogP contribution in [0.1, 0.15) is 0 Å². The van der Waals surface area contributed by atoms with Gasteiger partial charge in [0, 0.05) is 6.07 Å². The lowest BCUT2D eigenvalue weighted by Gasteiger charge is -2.12. The number of ether oxygens (including phenoxy) is 2.